The van der Waals surface area contributed by atoms with Gasteiger partial charge in [-0.2, -0.15) is 10.5 Å². The molecule has 0 amide bonds. The minimum atomic E-state index is -0.367. The Kier molecular flexibility index (Phi) is 26.9. The molecule has 0 saturated carbocycles. The summed E-state index contributed by atoms with van der Waals surface area (Å²) in [6, 6.07) is 47.8. The van der Waals surface area contributed by atoms with E-state index in [1.165, 1.54) is 6.20 Å². The van der Waals surface area contributed by atoms with Crippen molar-refractivity contribution < 1.29 is 39.0 Å². The van der Waals surface area contributed by atoms with Crippen molar-refractivity contribution in [3.05, 3.63) is 214 Å². The summed E-state index contributed by atoms with van der Waals surface area (Å²) in [7, 11) is 0. The molecule has 0 bridgehead atoms. The van der Waals surface area contributed by atoms with Crippen molar-refractivity contribution in [3.8, 4) is 58.4 Å². The van der Waals surface area contributed by atoms with Crippen LogP contribution >= 0.6 is 0 Å². The van der Waals surface area contributed by atoms with E-state index in [9.17, 15) is 20.1 Å². The first-order valence-corrected chi connectivity index (χ1v) is 28.7. The molecule has 18 heteroatoms. The summed E-state index contributed by atoms with van der Waals surface area (Å²) >= 11 is 0. The van der Waals surface area contributed by atoms with Crippen LogP contribution in [0.5, 0.6) is 46.3 Å². The summed E-state index contributed by atoms with van der Waals surface area (Å²) in [4.78, 5) is 14.7. The third kappa shape index (κ3) is 17.9. The second-order valence-corrected chi connectivity index (χ2v) is 18.2. The highest BCUT2D eigenvalue weighted by molar-refractivity contribution is 6.69. The largest absolute Gasteiger partial charge is 0.457 e. The zero-order valence-electron chi connectivity index (χ0n) is 49.1. The quantitative estimate of drug-likeness (QED) is 0.0830. The number of hydrogen-bond donors (Lipinski definition) is 4. The maximum absolute atomic E-state index is 9.76. The van der Waals surface area contributed by atoms with Gasteiger partial charge in [-0.1, -0.05) is 104 Å². The molecule has 0 saturated heterocycles. The zero-order chi connectivity index (χ0) is 61.0. The first-order valence-electron chi connectivity index (χ1n) is 28.7. The Morgan fingerprint density at radius 2 is 0.821 bits per heavy atom. The summed E-state index contributed by atoms with van der Waals surface area (Å²) in [5.74, 6) is 4.86. The number of aromatic nitrogens is 2. The van der Waals surface area contributed by atoms with Gasteiger partial charge in [0.15, 0.2) is 5.69 Å². The molecular formula is C66H70B4N6O8. The molecule has 0 fully saturated rings. The van der Waals surface area contributed by atoms with Crippen LogP contribution < -0.4 is 40.8 Å². The summed E-state index contributed by atoms with van der Waals surface area (Å²) < 4.78 is 22.8. The Bertz CT molecular complexity index is 3330. The fourth-order valence-electron chi connectivity index (χ4n) is 9.33. The first-order chi connectivity index (χ1) is 41.1. The SMILES string of the molecule is CC.CC.CC.CC.N#Cc1ccccc1Oc1ccc2c(c1)CCB2O.N#Cc1cccnc1Oc1ccc2c(c1)CCB2O.[C-]#[N+]c1ccc(Oc2ccc3c(c2)CCB3O)cc1.[C-]#[N+]c1ccc(Oc2ccc3c(c2)CCB3O)nc1. The lowest BCUT2D eigenvalue weighted by Gasteiger charge is -2.09. The van der Waals surface area contributed by atoms with Crippen LogP contribution in [0.3, 0.4) is 0 Å². The summed E-state index contributed by atoms with van der Waals surface area (Å²) in [6.07, 6.45) is 9.65. The number of pyridine rings is 2. The van der Waals surface area contributed by atoms with Crippen molar-refractivity contribution in [1.82, 2.24) is 9.97 Å². The van der Waals surface area contributed by atoms with E-state index >= 15 is 0 Å². The van der Waals surface area contributed by atoms with Crippen LogP contribution in [0.1, 0.15) is 88.8 Å². The number of aryl methyl sites for hydroxylation is 4. The number of fused-ring (bicyclic) bond motifs is 4. The van der Waals surface area contributed by atoms with Gasteiger partial charge in [-0.25, -0.2) is 19.7 Å². The monoisotopic (exact) mass is 1120 g/mol. The van der Waals surface area contributed by atoms with E-state index in [4.69, 9.17) is 42.6 Å². The first kappa shape index (κ1) is 65.7. The second-order valence-electron chi connectivity index (χ2n) is 18.2. The molecule has 4 aliphatic rings. The normalized spacial score (nSPS) is 12.0. The van der Waals surface area contributed by atoms with Gasteiger partial charge in [0.05, 0.1) is 18.7 Å². The van der Waals surface area contributed by atoms with Gasteiger partial charge in [0, 0.05) is 12.4 Å². The van der Waals surface area contributed by atoms with E-state index in [0.29, 0.717) is 63.0 Å². The maximum Gasteiger partial charge on any atom is 0.324 e. The van der Waals surface area contributed by atoms with Gasteiger partial charge in [-0.3, -0.25) is 0 Å². The van der Waals surface area contributed by atoms with Gasteiger partial charge >= 0.3 is 27.7 Å². The van der Waals surface area contributed by atoms with Crippen LogP contribution in [0.2, 0.25) is 25.3 Å². The molecule has 0 unspecified atom stereocenters. The number of hydrogen-bond acceptors (Lipinski definition) is 12. The number of rotatable bonds is 8. The molecule has 0 radical (unpaired) electrons. The molecule has 0 atom stereocenters. The number of para-hydroxylation sites is 1. The minimum absolute atomic E-state index is 0.309. The van der Waals surface area contributed by atoms with Gasteiger partial charge in [0.25, 0.3) is 0 Å². The summed E-state index contributed by atoms with van der Waals surface area (Å²) in [5, 5.41) is 57.0. The molecule has 6 heterocycles. The molecular weight excluding hydrogens is 1050 g/mol. The second kappa shape index (κ2) is 34.4. The van der Waals surface area contributed by atoms with Crippen molar-refractivity contribution in [1.29, 1.82) is 10.5 Å². The fourth-order valence-corrected chi connectivity index (χ4v) is 9.33. The Labute approximate surface area is 497 Å². The van der Waals surface area contributed by atoms with E-state index in [1.54, 1.807) is 72.9 Å². The van der Waals surface area contributed by atoms with Gasteiger partial charge in [-0.15, -0.1) is 0 Å². The molecule has 4 N–H and O–H groups in total. The van der Waals surface area contributed by atoms with Crippen molar-refractivity contribution in [2.75, 3.05) is 0 Å². The van der Waals surface area contributed by atoms with Crippen molar-refractivity contribution in [2.24, 2.45) is 0 Å². The van der Waals surface area contributed by atoms with E-state index in [-0.39, 0.29) is 27.7 Å². The smallest absolute Gasteiger partial charge is 0.324 e. The lowest BCUT2D eigenvalue weighted by molar-refractivity contribution is 0.461. The predicted molar refractivity (Wildman–Crippen MR) is 339 cm³/mol. The third-order valence-corrected chi connectivity index (χ3v) is 13.3. The molecule has 14 nitrogen and oxygen atoms in total. The highest BCUT2D eigenvalue weighted by atomic mass is 16.5. The predicted octanol–water partition coefficient (Wildman–Crippen LogP) is 12.6. The molecule has 0 aliphatic carbocycles. The van der Waals surface area contributed by atoms with Crippen LogP contribution in [-0.4, -0.2) is 57.7 Å². The summed E-state index contributed by atoms with van der Waals surface area (Å²) in [5.41, 5.74) is 10.5. The fraction of sp³-hybridized carbons (Fsp3) is 0.242. The third-order valence-electron chi connectivity index (χ3n) is 13.3. The minimum Gasteiger partial charge on any atom is -0.457 e. The number of nitrogens with zero attached hydrogens (tertiary/aromatic N) is 6. The topological polar surface area (TPSA) is 200 Å². The van der Waals surface area contributed by atoms with Crippen LogP contribution in [0.4, 0.5) is 11.4 Å². The molecule has 424 valence electrons. The van der Waals surface area contributed by atoms with E-state index in [1.807, 2.05) is 140 Å². The molecule has 84 heavy (non-hydrogen) atoms. The average molecular weight is 1120 g/mol. The lowest BCUT2D eigenvalue weighted by Crippen LogP contribution is -2.25. The Hall–Kier alpha value is -9.12. The van der Waals surface area contributed by atoms with Crippen LogP contribution in [0.25, 0.3) is 9.69 Å². The molecule has 2 aromatic heterocycles. The van der Waals surface area contributed by atoms with Gasteiger partial charge in [0.1, 0.15) is 52.2 Å². The lowest BCUT2D eigenvalue weighted by atomic mass is 9.63. The maximum atomic E-state index is 9.76. The molecule has 0 spiro atoms. The van der Waals surface area contributed by atoms with Gasteiger partial charge in [-0.05, 0) is 192 Å². The van der Waals surface area contributed by atoms with E-state index < -0.39 is 0 Å². The average Bonchev–Trinajstić information content (AvgIpc) is 4.46. The van der Waals surface area contributed by atoms with Gasteiger partial charge < -0.3 is 39.0 Å². The number of benzene rings is 6. The molecule has 12 rings (SSSR count). The van der Waals surface area contributed by atoms with Crippen LogP contribution in [-0.2, 0) is 25.7 Å². The highest BCUT2D eigenvalue weighted by Gasteiger charge is 2.28. The highest BCUT2D eigenvalue weighted by Crippen LogP contribution is 2.30. The van der Waals surface area contributed by atoms with Crippen molar-refractivity contribution in [2.45, 2.75) is 106 Å². The molecule has 6 aromatic carbocycles. The number of ether oxygens (including phenoxy) is 4. The van der Waals surface area contributed by atoms with Crippen LogP contribution in [0, 0.1) is 35.8 Å². The molecule has 8 aromatic rings. The summed E-state index contributed by atoms with van der Waals surface area (Å²) in [6.45, 7) is 28.4. The Balaban J connectivity index is 0.000000197. The number of nitriles is 2. The van der Waals surface area contributed by atoms with Crippen LogP contribution in [0.15, 0.2) is 158 Å². The van der Waals surface area contributed by atoms with Crippen molar-refractivity contribution >= 4 is 60.9 Å². The van der Waals surface area contributed by atoms with Gasteiger partial charge in [0.2, 0.25) is 17.4 Å². The standard InChI is InChI=1S/2C15H12BNO2.2C14H11BN2O2.4C2H6/c1-17-12-2-4-13(5-3-12)19-14-6-7-15-11(10-14)8-9-16(15)18;17-10-12-3-1-2-4-15(12)19-13-5-6-14-11(9-13)7-8-16(14)18;1-16-11-2-5-14(17-9-11)19-12-3-4-13-10(8-12)6-7-15(13)18;16-9-11-2-1-7-17-14(11)19-12-3-4-13-10(8-12)5-6-15(13)18;4*1-2/h2-7,10,18H,8-9H2;1-6,9,18H,7-8H2;2-5,8-9,18H,6-7H2;1-4,7-8,18H,5-6H2;4*1-2H3. The van der Waals surface area contributed by atoms with E-state index in [0.717, 1.165) is 101 Å². The van der Waals surface area contributed by atoms with E-state index in [2.05, 4.69) is 25.7 Å². The Morgan fingerprint density at radius 1 is 0.429 bits per heavy atom. The molecule has 4 aliphatic heterocycles. The van der Waals surface area contributed by atoms with Crippen molar-refractivity contribution in [3.63, 3.8) is 0 Å². The zero-order valence-corrected chi connectivity index (χ0v) is 49.1. The Morgan fingerprint density at radius 3 is 1.25 bits per heavy atom.